The normalized spacial score (nSPS) is 14.4. The monoisotopic (exact) mass is 313 g/mol. The number of hydrogen-bond donors (Lipinski definition) is 1. The van der Waals surface area contributed by atoms with Gasteiger partial charge < -0.3 is 5.32 Å². The van der Waals surface area contributed by atoms with Gasteiger partial charge in [0.2, 0.25) is 0 Å². The SMILES string of the molecule is CC(CCS(C)=O)NCc1cc(-c2cccs2)cs1. The fourth-order valence-electron chi connectivity index (χ4n) is 1.77. The Labute approximate surface area is 125 Å². The summed E-state index contributed by atoms with van der Waals surface area (Å²) in [6.45, 7) is 3.05. The van der Waals surface area contributed by atoms with Crippen LogP contribution in [0, 0.1) is 0 Å². The molecular weight excluding hydrogens is 294 g/mol. The second-order valence-corrected chi connectivity index (χ2v) is 8.13. The Hall–Kier alpha value is -0.490. The summed E-state index contributed by atoms with van der Waals surface area (Å²) in [4.78, 5) is 2.68. The number of rotatable bonds is 7. The van der Waals surface area contributed by atoms with Crippen LogP contribution in [0.4, 0.5) is 0 Å². The van der Waals surface area contributed by atoms with E-state index in [0.717, 1.165) is 18.7 Å². The molecule has 0 aromatic carbocycles. The van der Waals surface area contributed by atoms with E-state index in [1.54, 1.807) is 28.9 Å². The number of thiophene rings is 2. The molecule has 0 saturated heterocycles. The van der Waals surface area contributed by atoms with Gasteiger partial charge in [0.1, 0.15) is 0 Å². The highest BCUT2D eigenvalue weighted by Gasteiger charge is 2.06. The van der Waals surface area contributed by atoms with E-state index in [2.05, 4.69) is 41.2 Å². The van der Waals surface area contributed by atoms with Crippen molar-refractivity contribution < 1.29 is 4.21 Å². The van der Waals surface area contributed by atoms with E-state index in [-0.39, 0.29) is 0 Å². The molecule has 0 spiro atoms. The summed E-state index contributed by atoms with van der Waals surface area (Å²) in [5.41, 5.74) is 1.32. The molecule has 2 atom stereocenters. The van der Waals surface area contributed by atoms with Crippen molar-refractivity contribution in [3.8, 4) is 10.4 Å². The van der Waals surface area contributed by atoms with Crippen LogP contribution in [0.25, 0.3) is 10.4 Å². The van der Waals surface area contributed by atoms with E-state index < -0.39 is 10.8 Å². The van der Waals surface area contributed by atoms with E-state index in [9.17, 15) is 4.21 Å². The van der Waals surface area contributed by atoms with Gasteiger partial charge in [-0.2, -0.15) is 0 Å². The minimum atomic E-state index is -0.686. The maximum atomic E-state index is 11.0. The maximum absolute atomic E-state index is 11.0. The Morgan fingerprint density at radius 2 is 2.26 bits per heavy atom. The molecule has 0 bridgehead atoms. The van der Waals surface area contributed by atoms with E-state index in [0.29, 0.717) is 6.04 Å². The zero-order valence-corrected chi connectivity index (χ0v) is 13.7. The first-order chi connectivity index (χ1) is 9.15. The summed E-state index contributed by atoms with van der Waals surface area (Å²) in [5.74, 6) is 0.777. The fraction of sp³-hybridized carbons (Fsp3) is 0.429. The lowest BCUT2D eigenvalue weighted by Crippen LogP contribution is -2.26. The first-order valence-electron chi connectivity index (χ1n) is 6.30. The van der Waals surface area contributed by atoms with Gasteiger partial charge in [0.25, 0.3) is 0 Å². The Kier molecular flexibility index (Phi) is 5.76. The molecule has 0 saturated carbocycles. The molecule has 0 aliphatic carbocycles. The molecule has 2 unspecified atom stereocenters. The molecule has 0 amide bonds. The van der Waals surface area contributed by atoms with E-state index in [1.807, 2.05) is 0 Å². The van der Waals surface area contributed by atoms with Gasteiger partial charge in [0.05, 0.1) is 0 Å². The van der Waals surface area contributed by atoms with Gasteiger partial charge in [0, 0.05) is 50.7 Å². The molecule has 104 valence electrons. The molecule has 2 rings (SSSR count). The molecular formula is C14H19NOS3. The highest BCUT2D eigenvalue weighted by molar-refractivity contribution is 7.84. The molecule has 2 aromatic heterocycles. The zero-order valence-electron chi connectivity index (χ0n) is 11.2. The Morgan fingerprint density at radius 3 is 2.95 bits per heavy atom. The summed E-state index contributed by atoms with van der Waals surface area (Å²) < 4.78 is 11.0. The average molecular weight is 314 g/mol. The molecule has 2 heterocycles. The first-order valence-corrected chi connectivity index (χ1v) is 9.78. The van der Waals surface area contributed by atoms with Gasteiger partial charge in [-0.05, 0) is 36.2 Å². The molecule has 0 radical (unpaired) electrons. The summed E-state index contributed by atoms with van der Waals surface area (Å²) in [6.07, 6.45) is 2.73. The smallest absolute Gasteiger partial charge is 0.0351 e. The van der Waals surface area contributed by atoms with Crippen LogP contribution in [0.1, 0.15) is 18.2 Å². The first kappa shape index (κ1) is 14.9. The Bertz CT molecular complexity index is 519. The van der Waals surface area contributed by atoms with Crippen LogP contribution >= 0.6 is 22.7 Å². The van der Waals surface area contributed by atoms with Crippen LogP contribution in [-0.4, -0.2) is 22.3 Å². The summed E-state index contributed by atoms with van der Waals surface area (Å²) in [6, 6.07) is 6.91. The predicted octanol–water partition coefficient (Wildman–Crippen LogP) is 3.72. The molecule has 19 heavy (non-hydrogen) atoms. The quantitative estimate of drug-likeness (QED) is 0.844. The van der Waals surface area contributed by atoms with Crippen LogP contribution in [0.3, 0.4) is 0 Å². The summed E-state index contributed by atoms with van der Waals surface area (Å²) in [5, 5.41) is 7.82. The van der Waals surface area contributed by atoms with Crippen LogP contribution in [0.5, 0.6) is 0 Å². The van der Waals surface area contributed by atoms with E-state index >= 15 is 0 Å². The van der Waals surface area contributed by atoms with Gasteiger partial charge in [-0.3, -0.25) is 4.21 Å². The lowest BCUT2D eigenvalue weighted by atomic mass is 10.2. The van der Waals surface area contributed by atoms with Crippen LogP contribution in [0.15, 0.2) is 29.0 Å². The minimum Gasteiger partial charge on any atom is -0.309 e. The van der Waals surface area contributed by atoms with Gasteiger partial charge in [-0.1, -0.05) is 6.07 Å². The predicted molar refractivity (Wildman–Crippen MR) is 87.5 cm³/mol. The largest absolute Gasteiger partial charge is 0.309 e. The topological polar surface area (TPSA) is 29.1 Å². The lowest BCUT2D eigenvalue weighted by Gasteiger charge is -2.11. The van der Waals surface area contributed by atoms with Crippen molar-refractivity contribution in [1.82, 2.24) is 5.32 Å². The third-order valence-corrected chi connectivity index (χ3v) is 5.59. The molecule has 0 fully saturated rings. The van der Waals surface area contributed by atoms with Gasteiger partial charge in [-0.15, -0.1) is 22.7 Å². The van der Waals surface area contributed by atoms with Crippen molar-refractivity contribution in [3.63, 3.8) is 0 Å². The molecule has 2 nitrogen and oxygen atoms in total. The van der Waals surface area contributed by atoms with Crippen molar-refractivity contribution in [3.05, 3.63) is 33.8 Å². The van der Waals surface area contributed by atoms with E-state index in [1.165, 1.54) is 15.3 Å². The van der Waals surface area contributed by atoms with Crippen LogP contribution in [-0.2, 0) is 17.3 Å². The molecule has 0 aliphatic heterocycles. The second-order valence-electron chi connectivity index (χ2n) is 4.63. The highest BCUT2D eigenvalue weighted by atomic mass is 32.2. The van der Waals surface area contributed by atoms with Crippen LogP contribution < -0.4 is 5.32 Å². The van der Waals surface area contributed by atoms with Crippen molar-refractivity contribution in [1.29, 1.82) is 0 Å². The Balaban J connectivity index is 1.82. The van der Waals surface area contributed by atoms with Gasteiger partial charge >= 0.3 is 0 Å². The molecule has 0 aliphatic rings. The summed E-state index contributed by atoms with van der Waals surface area (Å²) in [7, 11) is -0.686. The zero-order chi connectivity index (χ0) is 13.7. The third-order valence-electron chi connectivity index (χ3n) is 2.92. The Morgan fingerprint density at radius 1 is 1.42 bits per heavy atom. The van der Waals surface area contributed by atoms with Gasteiger partial charge in [0.15, 0.2) is 0 Å². The van der Waals surface area contributed by atoms with Gasteiger partial charge in [-0.25, -0.2) is 0 Å². The standard InChI is InChI=1S/C14H19NOS3/c1-11(5-7-19(2)16)15-9-13-8-12(10-18-13)14-4-3-6-17-14/h3-4,6,8,10-11,15H,5,7,9H2,1-2H3. The second kappa shape index (κ2) is 7.33. The fourth-order valence-corrected chi connectivity index (χ4v) is 4.07. The summed E-state index contributed by atoms with van der Waals surface area (Å²) >= 11 is 3.58. The van der Waals surface area contributed by atoms with Crippen LogP contribution in [0.2, 0.25) is 0 Å². The highest BCUT2D eigenvalue weighted by Crippen LogP contribution is 2.29. The van der Waals surface area contributed by atoms with Crippen molar-refractivity contribution in [2.75, 3.05) is 12.0 Å². The molecule has 2 aromatic rings. The average Bonchev–Trinajstić information content (AvgIpc) is 3.03. The number of nitrogens with one attached hydrogen (secondary N) is 1. The molecule has 1 N–H and O–H groups in total. The van der Waals surface area contributed by atoms with Crippen molar-refractivity contribution in [2.24, 2.45) is 0 Å². The maximum Gasteiger partial charge on any atom is 0.0351 e. The van der Waals surface area contributed by atoms with Crippen molar-refractivity contribution in [2.45, 2.75) is 25.9 Å². The number of hydrogen-bond acceptors (Lipinski definition) is 4. The minimum absolute atomic E-state index is 0.413. The van der Waals surface area contributed by atoms with E-state index in [4.69, 9.17) is 0 Å². The third kappa shape index (κ3) is 4.84. The molecule has 5 heteroatoms. The lowest BCUT2D eigenvalue weighted by molar-refractivity contribution is 0.538. The van der Waals surface area contributed by atoms with Crippen molar-refractivity contribution >= 4 is 33.5 Å².